The first kappa shape index (κ1) is 20.0. The molecule has 3 fully saturated rings. The number of nitrogens with one attached hydrogen (secondary N) is 1. The van der Waals surface area contributed by atoms with E-state index in [0.717, 1.165) is 22.9 Å². The molecule has 5 rings (SSSR count). The summed E-state index contributed by atoms with van der Waals surface area (Å²) in [5, 5.41) is 3.27. The van der Waals surface area contributed by atoms with E-state index in [2.05, 4.69) is 17.1 Å². The minimum Gasteiger partial charge on any atom is -0.426 e. The number of fused-ring (bicyclic) bond motifs is 3. The Labute approximate surface area is 175 Å². The van der Waals surface area contributed by atoms with E-state index in [0.29, 0.717) is 23.3 Å². The molecule has 1 amide bonds. The molecule has 3 heterocycles. The molecule has 3 aliphatic heterocycles. The Hall–Kier alpha value is -2.31. The average Bonchev–Trinajstić information content (AvgIpc) is 2.72. The second kappa shape index (κ2) is 8.59. The third kappa shape index (κ3) is 4.49. The summed E-state index contributed by atoms with van der Waals surface area (Å²) in [5.74, 6) is 0.786. The van der Waals surface area contributed by atoms with Crippen molar-refractivity contribution in [1.29, 1.82) is 0 Å². The van der Waals surface area contributed by atoms with E-state index < -0.39 is 0 Å². The van der Waals surface area contributed by atoms with Crippen molar-refractivity contribution in [2.24, 2.45) is 5.92 Å². The largest absolute Gasteiger partial charge is 0.426 e. The Bertz CT molecular complexity index is 889. The third-order valence-corrected chi connectivity index (χ3v) is 6.99. The predicted molar refractivity (Wildman–Crippen MR) is 113 cm³/mol. The second-order valence-corrected chi connectivity index (χ2v) is 8.90. The van der Waals surface area contributed by atoms with Gasteiger partial charge in [-0.05, 0) is 75.2 Å². The monoisotopic (exact) mass is 410 g/mol. The van der Waals surface area contributed by atoms with Crippen LogP contribution in [-0.4, -0.2) is 41.9 Å². The van der Waals surface area contributed by atoms with Gasteiger partial charge in [0.25, 0.3) is 5.91 Å². The van der Waals surface area contributed by atoms with Crippen molar-refractivity contribution in [1.82, 2.24) is 10.2 Å². The molecule has 0 aliphatic carbocycles. The van der Waals surface area contributed by atoms with Gasteiger partial charge in [-0.1, -0.05) is 23.9 Å². The first-order valence-corrected chi connectivity index (χ1v) is 10.9. The number of rotatable bonds is 5. The normalized spacial score (nSPS) is 25.4. The van der Waals surface area contributed by atoms with Gasteiger partial charge in [-0.2, -0.15) is 0 Å². The molecule has 0 saturated carbocycles. The number of benzene rings is 2. The van der Waals surface area contributed by atoms with Gasteiger partial charge < -0.3 is 10.1 Å². The summed E-state index contributed by atoms with van der Waals surface area (Å²) in [4.78, 5) is 28.4. The first-order chi connectivity index (χ1) is 14.0. The number of para-hydroxylation sites is 1. The van der Waals surface area contributed by atoms with E-state index in [1.54, 1.807) is 6.07 Å². The molecule has 0 spiro atoms. The smallest absolute Gasteiger partial charge is 0.308 e. The maximum atomic E-state index is 12.8. The lowest BCUT2D eigenvalue weighted by molar-refractivity contribution is -0.132. The van der Waals surface area contributed by atoms with E-state index in [9.17, 15) is 9.59 Å². The molecule has 3 aliphatic rings. The number of hydrogen-bond donors (Lipinski definition) is 1. The standard InChI is InChI=1S/C23H26N2O3S/c1-15-22(17-11-13-25(15)14-12-17)24-23(27)18-7-9-19(10-8-18)29-21-6-4-3-5-20(21)28-16(2)26/h3-10,15,17,22H,11-14H2,1-2H3,(H,24,27)/t15-,22-/m0/s1. The van der Waals surface area contributed by atoms with Gasteiger partial charge in [0.2, 0.25) is 0 Å². The molecule has 6 heteroatoms. The van der Waals surface area contributed by atoms with Crippen molar-refractivity contribution in [3.05, 3.63) is 54.1 Å². The molecule has 0 unspecified atom stereocenters. The van der Waals surface area contributed by atoms with Crippen LogP contribution >= 0.6 is 11.8 Å². The SMILES string of the molecule is CC(=O)Oc1ccccc1Sc1ccc(C(=O)N[C@@H]2C3CCN(CC3)[C@H]2C)cc1. The van der Waals surface area contributed by atoms with Crippen LogP contribution in [0.2, 0.25) is 0 Å². The van der Waals surface area contributed by atoms with Gasteiger partial charge in [-0.3, -0.25) is 14.5 Å². The fourth-order valence-electron chi connectivity index (χ4n) is 4.35. The highest BCUT2D eigenvalue weighted by Gasteiger charge is 2.40. The molecule has 2 atom stereocenters. The van der Waals surface area contributed by atoms with Gasteiger partial charge in [0, 0.05) is 29.5 Å². The lowest BCUT2D eigenvalue weighted by Gasteiger charge is -2.49. The zero-order valence-electron chi connectivity index (χ0n) is 16.8. The zero-order valence-corrected chi connectivity index (χ0v) is 17.6. The molecule has 29 heavy (non-hydrogen) atoms. The number of amides is 1. The van der Waals surface area contributed by atoms with Gasteiger partial charge >= 0.3 is 5.97 Å². The molecule has 3 saturated heterocycles. The minimum absolute atomic E-state index is 0.00698. The number of hydrogen-bond acceptors (Lipinski definition) is 5. The Morgan fingerprint density at radius 3 is 2.41 bits per heavy atom. The summed E-state index contributed by atoms with van der Waals surface area (Å²) >= 11 is 1.51. The predicted octanol–water partition coefficient (Wildman–Crippen LogP) is 3.98. The van der Waals surface area contributed by atoms with Crippen LogP contribution in [0, 0.1) is 5.92 Å². The fourth-order valence-corrected chi connectivity index (χ4v) is 5.24. The van der Waals surface area contributed by atoms with E-state index >= 15 is 0 Å². The lowest BCUT2D eigenvalue weighted by Crippen LogP contribution is -2.62. The fraction of sp³-hybridized carbons (Fsp3) is 0.391. The van der Waals surface area contributed by atoms with Crippen molar-refractivity contribution in [3.8, 4) is 5.75 Å². The first-order valence-electron chi connectivity index (χ1n) is 10.1. The Kier molecular flexibility index (Phi) is 5.92. The van der Waals surface area contributed by atoms with Crippen molar-refractivity contribution in [3.63, 3.8) is 0 Å². The van der Waals surface area contributed by atoms with Crippen LogP contribution in [0.15, 0.2) is 58.3 Å². The number of piperidine rings is 3. The number of carbonyl (C=O) groups excluding carboxylic acids is 2. The Balaban J connectivity index is 1.42. The van der Waals surface area contributed by atoms with Crippen molar-refractivity contribution in [2.45, 2.75) is 48.6 Å². The van der Waals surface area contributed by atoms with Crippen molar-refractivity contribution < 1.29 is 14.3 Å². The average molecular weight is 411 g/mol. The van der Waals surface area contributed by atoms with E-state index in [4.69, 9.17) is 4.74 Å². The molecular formula is C23H26N2O3S. The number of nitrogens with zero attached hydrogens (tertiary/aromatic N) is 1. The number of esters is 1. The topological polar surface area (TPSA) is 58.6 Å². The number of carbonyl (C=O) groups is 2. The molecule has 152 valence electrons. The van der Waals surface area contributed by atoms with Gasteiger partial charge in [-0.25, -0.2) is 0 Å². The Morgan fingerprint density at radius 2 is 1.76 bits per heavy atom. The summed E-state index contributed by atoms with van der Waals surface area (Å²) in [6.07, 6.45) is 2.35. The molecule has 1 N–H and O–H groups in total. The van der Waals surface area contributed by atoms with Gasteiger partial charge in [0.15, 0.2) is 0 Å². The van der Waals surface area contributed by atoms with E-state index in [1.807, 2.05) is 42.5 Å². The van der Waals surface area contributed by atoms with Crippen LogP contribution < -0.4 is 10.1 Å². The van der Waals surface area contributed by atoms with Crippen LogP contribution in [0.25, 0.3) is 0 Å². The number of ether oxygens (including phenoxy) is 1. The highest BCUT2D eigenvalue weighted by atomic mass is 32.2. The Morgan fingerprint density at radius 1 is 1.07 bits per heavy atom. The molecule has 0 aromatic heterocycles. The zero-order chi connectivity index (χ0) is 20.4. The molecule has 2 bridgehead atoms. The van der Waals surface area contributed by atoms with Gasteiger partial charge in [0.05, 0.1) is 4.90 Å². The highest BCUT2D eigenvalue weighted by Crippen LogP contribution is 2.35. The third-order valence-electron chi connectivity index (χ3n) is 5.92. The molecule has 0 radical (unpaired) electrons. The maximum Gasteiger partial charge on any atom is 0.308 e. The van der Waals surface area contributed by atoms with Crippen molar-refractivity contribution >= 4 is 23.6 Å². The van der Waals surface area contributed by atoms with E-state index in [-0.39, 0.29) is 17.9 Å². The summed E-state index contributed by atoms with van der Waals surface area (Å²) < 4.78 is 5.27. The maximum absolute atomic E-state index is 12.8. The second-order valence-electron chi connectivity index (χ2n) is 7.78. The van der Waals surface area contributed by atoms with Gasteiger partial charge in [-0.15, -0.1) is 0 Å². The van der Waals surface area contributed by atoms with Crippen LogP contribution in [0.3, 0.4) is 0 Å². The van der Waals surface area contributed by atoms with E-state index in [1.165, 1.54) is 31.5 Å². The van der Waals surface area contributed by atoms with Crippen LogP contribution in [0.4, 0.5) is 0 Å². The molecular weight excluding hydrogens is 384 g/mol. The minimum atomic E-state index is -0.341. The highest BCUT2D eigenvalue weighted by molar-refractivity contribution is 7.99. The molecule has 2 aromatic rings. The van der Waals surface area contributed by atoms with Crippen LogP contribution in [-0.2, 0) is 4.79 Å². The summed E-state index contributed by atoms with van der Waals surface area (Å²) in [7, 11) is 0. The van der Waals surface area contributed by atoms with Gasteiger partial charge in [0.1, 0.15) is 5.75 Å². The lowest BCUT2D eigenvalue weighted by atomic mass is 9.79. The van der Waals surface area contributed by atoms with Crippen LogP contribution in [0.5, 0.6) is 5.75 Å². The van der Waals surface area contributed by atoms with Crippen molar-refractivity contribution in [2.75, 3.05) is 13.1 Å². The summed E-state index contributed by atoms with van der Waals surface area (Å²) in [5.41, 5.74) is 0.672. The summed E-state index contributed by atoms with van der Waals surface area (Å²) in [6.45, 7) is 5.92. The van der Waals surface area contributed by atoms with Crippen LogP contribution in [0.1, 0.15) is 37.0 Å². The quantitative estimate of drug-likeness (QED) is 0.597. The molecule has 2 aromatic carbocycles. The summed E-state index contributed by atoms with van der Waals surface area (Å²) in [6, 6.07) is 15.7. The molecule has 5 nitrogen and oxygen atoms in total.